The van der Waals surface area contributed by atoms with E-state index in [1.807, 2.05) is 48.5 Å². The van der Waals surface area contributed by atoms with Crippen molar-refractivity contribution in [2.24, 2.45) is 17.8 Å². The van der Waals surface area contributed by atoms with Crippen molar-refractivity contribution in [3.8, 4) is 11.5 Å². The Morgan fingerprint density at radius 1 is 0.905 bits per heavy atom. The highest BCUT2D eigenvalue weighted by atomic mass is 16.6. The highest BCUT2D eigenvalue weighted by Crippen LogP contribution is 2.56. The minimum Gasteiger partial charge on any atom is -0.497 e. The van der Waals surface area contributed by atoms with Gasteiger partial charge >= 0.3 is 5.97 Å². The Bertz CT molecular complexity index is 1880. The molecular formula is C33H24N2O7. The Morgan fingerprint density at radius 3 is 2.38 bits per heavy atom. The molecule has 42 heavy (non-hydrogen) atoms. The van der Waals surface area contributed by atoms with Gasteiger partial charge in [-0.25, -0.2) is 4.90 Å². The number of nitrogens with zero attached hydrogens (tertiary/aromatic N) is 2. The zero-order chi connectivity index (χ0) is 29.3. The van der Waals surface area contributed by atoms with Crippen LogP contribution in [0.25, 0.3) is 16.3 Å². The standard InChI is InChI=1S/C33H24N2O7/c1-17-7-11-20(35(39)40)15-25(17)34-31(36)28-23(19-8-12-21(41-2)13-9-19)16-24-27-22-6-4-3-5-18(22)10-14-26(27)42-33(38)29(24)30(28)32(34)37/h3-16,23,28-30H,1-2H3/t23-,28+,29-,30-/m0/s1. The zero-order valence-corrected chi connectivity index (χ0v) is 22.6. The number of ether oxygens (including phenoxy) is 2. The number of nitro groups is 1. The van der Waals surface area contributed by atoms with Gasteiger partial charge in [-0.15, -0.1) is 0 Å². The lowest BCUT2D eigenvalue weighted by Crippen LogP contribution is -2.42. The number of hydrogen-bond donors (Lipinski definition) is 0. The minimum atomic E-state index is -1.07. The predicted molar refractivity (Wildman–Crippen MR) is 154 cm³/mol. The number of benzene rings is 4. The first-order valence-electron chi connectivity index (χ1n) is 13.5. The number of carbonyl (C=O) groups is 3. The third-order valence-corrected chi connectivity index (χ3v) is 8.63. The lowest BCUT2D eigenvalue weighted by Gasteiger charge is -2.38. The number of methoxy groups -OCH3 is 1. The Morgan fingerprint density at radius 2 is 1.64 bits per heavy atom. The molecule has 0 bridgehead atoms. The summed E-state index contributed by atoms with van der Waals surface area (Å²) in [5.41, 5.74) is 2.56. The fourth-order valence-electron chi connectivity index (χ4n) is 6.67. The smallest absolute Gasteiger partial charge is 0.319 e. The van der Waals surface area contributed by atoms with E-state index in [4.69, 9.17) is 9.47 Å². The number of anilines is 1. The second kappa shape index (κ2) is 9.37. The van der Waals surface area contributed by atoms with Crippen LogP contribution >= 0.6 is 0 Å². The first kappa shape index (κ1) is 25.6. The number of rotatable bonds is 4. The molecule has 1 aliphatic carbocycles. The highest BCUT2D eigenvalue weighted by Gasteiger charge is 2.60. The van der Waals surface area contributed by atoms with Crippen LogP contribution in [-0.4, -0.2) is 29.8 Å². The van der Waals surface area contributed by atoms with Crippen LogP contribution in [0.15, 0.2) is 84.9 Å². The number of allylic oxidation sites excluding steroid dienone is 1. The van der Waals surface area contributed by atoms with E-state index in [9.17, 15) is 24.5 Å². The number of nitro benzene ring substituents is 1. The number of imide groups is 1. The number of hydrogen-bond acceptors (Lipinski definition) is 7. The average Bonchev–Trinajstić information content (AvgIpc) is 3.26. The highest BCUT2D eigenvalue weighted by molar-refractivity contribution is 6.25. The molecule has 0 radical (unpaired) electrons. The molecule has 2 amide bonds. The van der Waals surface area contributed by atoms with Crippen molar-refractivity contribution in [3.05, 3.63) is 112 Å². The topological polar surface area (TPSA) is 116 Å². The first-order valence-corrected chi connectivity index (χ1v) is 13.5. The molecule has 4 atom stereocenters. The zero-order valence-electron chi connectivity index (χ0n) is 22.6. The third-order valence-electron chi connectivity index (χ3n) is 8.63. The van der Waals surface area contributed by atoms with Gasteiger partial charge in [-0.2, -0.15) is 0 Å². The van der Waals surface area contributed by atoms with Gasteiger partial charge in [0.15, 0.2) is 0 Å². The Labute approximate surface area is 240 Å². The number of fused-ring (bicyclic) bond motifs is 7. The van der Waals surface area contributed by atoms with Crippen LogP contribution in [0, 0.1) is 34.8 Å². The molecule has 3 aliphatic rings. The second-order valence-corrected chi connectivity index (χ2v) is 10.8. The molecule has 0 N–H and O–H groups in total. The second-order valence-electron chi connectivity index (χ2n) is 10.8. The molecule has 9 nitrogen and oxygen atoms in total. The van der Waals surface area contributed by atoms with E-state index in [2.05, 4.69) is 0 Å². The Kier molecular flexibility index (Phi) is 5.72. The molecule has 4 aromatic rings. The normalized spacial score (nSPS) is 22.7. The minimum absolute atomic E-state index is 0.138. The van der Waals surface area contributed by atoms with Gasteiger partial charge in [0.1, 0.15) is 11.5 Å². The van der Waals surface area contributed by atoms with Crippen LogP contribution < -0.4 is 14.4 Å². The number of non-ortho nitro benzene ring substituents is 1. The molecule has 1 saturated heterocycles. The molecule has 4 aromatic carbocycles. The third kappa shape index (κ3) is 3.66. The first-order chi connectivity index (χ1) is 20.3. The molecule has 2 heterocycles. The fourth-order valence-corrected chi connectivity index (χ4v) is 6.67. The van der Waals surface area contributed by atoms with Crippen molar-refractivity contribution < 1.29 is 28.8 Å². The maximum Gasteiger partial charge on any atom is 0.319 e. The molecule has 0 saturated carbocycles. The molecular weight excluding hydrogens is 536 g/mol. The maximum atomic E-state index is 14.3. The van der Waals surface area contributed by atoms with E-state index < -0.39 is 46.4 Å². The van der Waals surface area contributed by atoms with Crippen molar-refractivity contribution in [2.45, 2.75) is 12.8 Å². The summed E-state index contributed by atoms with van der Waals surface area (Å²) in [5.74, 6) is -4.25. The van der Waals surface area contributed by atoms with Crippen LogP contribution in [-0.2, 0) is 14.4 Å². The largest absolute Gasteiger partial charge is 0.497 e. The van der Waals surface area contributed by atoms with E-state index in [1.54, 1.807) is 32.2 Å². The molecule has 7 rings (SSSR count). The number of carbonyl (C=O) groups excluding carboxylic acids is 3. The average molecular weight is 561 g/mol. The monoisotopic (exact) mass is 560 g/mol. The van der Waals surface area contributed by atoms with E-state index >= 15 is 0 Å². The van der Waals surface area contributed by atoms with Crippen LogP contribution in [0.5, 0.6) is 11.5 Å². The van der Waals surface area contributed by atoms with Gasteiger partial charge in [-0.1, -0.05) is 54.6 Å². The van der Waals surface area contributed by atoms with Crippen molar-refractivity contribution in [1.29, 1.82) is 0 Å². The quantitative estimate of drug-likeness (QED) is 0.105. The summed E-state index contributed by atoms with van der Waals surface area (Å²) in [5, 5.41) is 13.4. The number of amides is 2. The molecule has 0 unspecified atom stereocenters. The summed E-state index contributed by atoms with van der Waals surface area (Å²) in [4.78, 5) is 54.3. The van der Waals surface area contributed by atoms with Crippen LogP contribution in [0.2, 0.25) is 0 Å². The van der Waals surface area contributed by atoms with Crippen molar-refractivity contribution in [3.63, 3.8) is 0 Å². The van der Waals surface area contributed by atoms with Crippen molar-refractivity contribution in [2.75, 3.05) is 12.0 Å². The maximum absolute atomic E-state index is 14.3. The molecule has 0 aromatic heterocycles. The van der Waals surface area contributed by atoms with Crippen LogP contribution in [0.4, 0.5) is 11.4 Å². The summed E-state index contributed by atoms with van der Waals surface area (Å²) < 4.78 is 11.2. The van der Waals surface area contributed by atoms with Gasteiger partial charge in [0.05, 0.1) is 35.5 Å². The van der Waals surface area contributed by atoms with Gasteiger partial charge < -0.3 is 9.47 Å². The van der Waals surface area contributed by atoms with Crippen LogP contribution in [0.1, 0.15) is 22.6 Å². The van der Waals surface area contributed by atoms with E-state index in [0.29, 0.717) is 22.6 Å². The molecule has 2 aliphatic heterocycles. The van der Waals surface area contributed by atoms with Gasteiger partial charge in [0.25, 0.3) is 5.69 Å². The van der Waals surface area contributed by atoms with Gasteiger partial charge in [0.2, 0.25) is 11.8 Å². The van der Waals surface area contributed by atoms with Gasteiger partial charge in [0, 0.05) is 23.6 Å². The lowest BCUT2D eigenvalue weighted by molar-refractivity contribution is -0.384. The lowest BCUT2D eigenvalue weighted by atomic mass is 9.64. The molecule has 208 valence electrons. The molecule has 1 fully saturated rings. The summed E-state index contributed by atoms with van der Waals surface area (Å²) >= 11 is 0. The van der Waals surface area contributed by atoms with E-state index in [0.717, 1.165) is 26.8 Å². The summed E-state index contributed by atoms with van der Waals surface area (Å²) in [6, 6.07) is 22.7. The van der Waals surface area contributed by atoms with Gasteiger partial charge in [-0.05, 0) is 52.6 Å². The summed E-state index contributed by atoms with van der Waals surface area (Å²) in [6.45, 7) is 1.68. The van der Waals surface area contributed by atoms with Crippen molar-refractivity contribution in [1.82, 2.24) is 0 Å². The number of aryl methyl sites for hydroxylation is 1. The fraction of sp³-hybridized carbons (Fsp3) is 0.182. The van der Waals surface area contributed by atoms with E-state index in [1.165, 1.54) is 18.2 Å². The number of esters is 1. The molecule has 0 spiro atoms. The predicted octanol–water partition coefficient (Wildman–Crippen LogP) is 5.59. The Balaban J connectivity index is 1.46. The Hall–Kier alpha value is -5.31. The molecule has 9 heteroatoms. The van der Waals surface area contributed by atoms with E-state index in [-0.39, 0.29) is 11.4 Å². The summed E-state index contributed by atoms with van der Waals surface area (Å²) in [6.07, 6.45) is 1.92. The van der Waals surface area contributed by atoms with Crippen molar-refractivity contribution >= 4 is 45.5 Å². The van der Waals surface area contributed by atoms with Crippen LogP contribution in [0.3, 0.4) is 0 Å². The van der Waals surface area contributed by atoms with Gasteiger partial charge in [-0.3, -0.25) is 24.5 Å². The SMILES string of the molecule is COc1ccc([C@@H]2C=C3c4c(ccc5ccccc45)OC(=O)[C@@H]3[C@H]3C(=O)N(c4cc([N+](=O)[O-])ccc4C)C(=O)[C@@H]32)cc1. The summed E-state index contributed by atoms with van der Waals surface area (Å²) in [7, 11) is 1.56.